The first-order valence-corrected chi connectivity index (χ1v) is 18.2. The van der Waals surface area contributed by atoms with Crippen LogP contribution in [0.15, 0.2) is 106 Å². The minimum atomic E-state index is -0.685. The summed E-state index contributed by atoms with van der Waals surface area (Å²) in [6, 6.07) is 22.4. The van der Waals surface area contributed by atoms with E-state index in [9.17, 15) is 33.9 Å². The number of amides is 3. The summed E-state index contributed by atoms with van der Waals surface area (Å²) in [5.74, 6) is -2.26. The summed E-state index contributed by atoms with van der Waals surface area (Å²) in [6.07, 6.45) is 0. The van der Waals surface area contributed by atoms with Crippen molar-refractivity contribution in [2.24, 2.45) is 17.2 Å². The number of rotatable bonds is 15. The van der Waals surface area contributed by atoms with Gasteiger partial charge in [0.1, 0.15) is 30.5 Å². The molecule has 59 heavy (non-hydrogen) atoms. The Bertz CT molecular complexity index is 2200. The van der Waals surface area contributed by atoms with Gasteiger partial charge >= 0.3 is 0 Å². The molecule has 0 atom stereocenters. The molecule has 0 aliphatic heterocycles. The van der Waals surface area contributed by atoms with E-state index < -0.39 is 39.8 Å². The molecule has 5 rings (SSSR count). The van der Waals surface area contributed by atoms with E-state index in [4.69, 9.17) is 39.9 Å². The minimum absolute atomic E-state index is 0.0935. The zero-order valence-electron chi connectivity index (χ0n) is 32.8. The third-order valence-corrected chi connectivity index (χ3v) is 7.46. The molecule has 0 fully saturated rings. The van der Waals surface area contributed by atoms with Crippen LogP contribution in [0.4, 0.5) is 0 Å². The molecular formula is C41H48N6O12. The maximum atomic E-state index is 12.1. The van der Waals surface area contributed by atoms with Crippen molar-refractivity contribution in [2.45, 2.75) is 34.0 Å². The Morgan fingerprint density at radius 2 is 0.864 bits per heavy atom. The van der Waals surface area contributed by atoms with Crippen molar-refractivity contribution >= 4 is 17.7 Å². The van der Waals surface area contributed by atoms with Crippen LogP contribution in [0.1, 0.15) is 60.1 Å². The van der Waals surface area contributed by atoms with Crippen LogP contribution in [0.25, 0.3) is 0 Å². The van der Waals surface area contributed by atoms with E-state index in [1.807, 2.05) is 60.7 Å². The number of ether oxygens (including phenoxy) is 2. The molecule has 5 aromatic rings. The van der Waals surface area contributed by atoms with Crippen LogP contribution >= 0.6 is 0 Å². The molecule has 3 amide bonds. The Hall–Kier alpha value is -7.02. The summed E-state index contributed by atoms with van der Waals surface area (Å²) < 4.78 is 26.7. The Kier molecular flexibility index (Phi) is 18.8. The molecule has 2 aromatic carbocycles. The van der Waals surface area contributed by atoms with Crippen molar-refractivity contribution < 1.29 is 42.2 Å². The largest absolute Gasteiger partial charge is 0.501 e. The van der Waals surface area contributed by atoms with Gasteiger partial charge in [-0.3, -0.25) is 28.8 Å². The summed E-state index contributed by atoms with van der Waals surface area (Å²) in [4.78, 5) is 70.8. The molecule has 0 bridgehead atoms. The number of hydrogen-bond donors (Lipinski definition) is 7. The first-order valence-electron chi connectivity index (χ1n) is 18.2. The fourth-order valence-corrected chi connectivity index (χ4v) is 4.78. The molecule has 18 nitrogen and oxygen atoms in total. The van der Waals surface area contributed by atoms with Crippen LogP contribution in [0.2, 0.25) is 0 Å². The summed E-state index contributed by atoms with van der Waals surface area (Å²) in [6.45, 7) is 6.73. The zero-order chi connectivity index (χ0) is 43.3. The number of carbonyl (C=O) groups excluding carboxylic acids is 3. The molecule has 0 radical (unpaired) electrons. The average Bonchev–Trinajstić information content (AvgIpc) is 3.22. The SMILES string of the molecule is Cc1cc(=O)c(O)c(C(=O)NCCN)o1.Cc1cc(=O)c(OCc2ccccc2)c(C(=O)NCCN)o1.Cc1cc(=O)c(OCc2ccccc2)c(C(=O)NCCN)o1. The van der Waals surface area contributed by atoms with Crippen LogP contribution in [0, 0.1) is 20.8 Å². The summed E-state index contributed by atoms with van der Waals surface area (Å²) in [5, 5.41) is 16.8. The Morgan fingerprint density at radius 1 is 0.542 bits per heavy atom. The number of nitrogens with one attached hydrogen (secondary N) is 3. The van der Waals surface area contributed by atoms with Crippen LogP contribution in [-0.4, -0.2) is 62.1 Å². The van der Waals surface area contributed by atoms with Gasteiger partial charge in [-0.15, -0.1) is 0 Å². The third-order valence-electron chi connectivity index (χ3n) is 7.46. The number of aryl methyl sites for hydroxylation is 3. The summed E-state index contributed by atoms with van der Waals surface area (Å²) in [5.41, 5.74) is 16.2. The Balaban J connectivity index is 0.000000242. The number of hydrogen-bond acceptors (Lipinski definition) is 15. The highest BCUT2D eigenvalue weighted by atomic mass is 16.5. The topological polar surface area (TPSA) is 295 Å². The van der Waals surface area contributed by atoms with Gasteiger partial charge in [-0.2, -0.15) is 0 Å². The van der Waals surface area contributed by atoms with Gasteiger partial charge in [-0.05, 0) is 31.9 Å². The Labute approximate surface area is 338 Å². The molecule has 0 unspecified atom stereocenters. The molecule has 10 N–H and O–H groups in total. The quantitative estimate of drug-likeness (QED) is 0.0792. The number of nitrogens with two attached hydrogens (primary N) is 3. The molecule has 0 aliphatic rings. The fraction of sp³-hybridized carbons (Fsp3) is 0.268. The highest BCUT2D eigenvalue weighted by Gasteiger charge is 2.21. The predicted molar refractivity (Wildman–Crippen MR) is 217 cm³/mol. The van der Waals surface area contributed by atoms with E-state index in [0.29, 0.717) is 24.6 Å². The van der Waals surface area contributed by atoms with E-state index in [1.54, 1.807) is 13.8 Å². The van der Waals surface area contributed by atoms with E-state index in [1.165, 1.54) is 19.1 Å². The molecule has 3 heterocycles. The molecule has 0 aliphatic carbocycles. The first kappa shape index (κ1) is 46.4. The van der Waals surface area contributed by atoms with Crippen molar-refractivity contribution in [1.29, 1.82) is 0 Å². The van der Waals surface area contributed by atoms with E-state index in [2.05, 4.69) is 16.0 Å². The molecule has 0 saturated heterocycles. The van der Waals surface area contributed by atoms with Crippen LogP contribution in [0.5, 0.6) is 17.2 Å². The zero-order valence-corrected chi connectivity index (χ0v) is 32.8. The van der Waals surface area contributed by atoms with Gasteiger partial charge in [0.25, 0.3) is 17.7 Å². The van der Waals surface area contributed by atoms with Crippen LogP contribution in [0.3, 0.4) is 0 Å². The van der Waals surface area contributed by atoms with Gasteiger partial charge in [0.05, 0.1) is 0 Å². The van der Waals surface area contributed by atoms with E-state index in [-0.39, 0.29) is 73.9 Å². The van der Waals surface area contributed by atoms with Gasteiger partial charge in [-0.1, -0.05) is 60.7 Å². The normalized spacial score (nSPS) is 10.2. The number of benzene rings is 2. The third kappa shape index (κ3) is 14.8. The lowest BCUT2D eigenvalue weighted by Crippen LogP contribution is -2.30. The van der Waals surface area contributed by atoms with Gasteiger partial charge in [0.2, 0.25) is 50.8 Å². The molecule has 18 heteroatoms. The molecule has 0 saturated carbocycles. The maximum absolute atomic E-state index is 12.1. The van der Waals surface area contributed by atoms with Gasteiger partial charge in [-0.25, -0.2) is 0 Å². The predicted octanol–water partition coefficient (Wildman–Crippen LogP) is 1.77. The Morgan fingerprint density at radius 3 is 1.22 bits per heavy atom. The van der Waals surface area contributed by atoms with E-state index >= 15 is 0 Å². The number of carbonyl (C=O) groups is 3. The second-order valence-electron chi connectivity index (χ2n) is 12.3. The van der Waals surface area contributed by atoms with Crippen molar-refractivity contribution in [3.8, 4) is 17.2 Å². The van der Waals surface area contributed by atoms with Crippen LogP contribution in [-0.2, 0) is 13.2 Å². The summed E-state index contributed by atoms with van der Waals surface area (Å²) >= 11 is 0. The first-order chi connectivity index (χ1) is 28.3. The highest BCUT2D eigenvalue weighted by molar-refractivity contribution is 5.94. The molecule has 3 aromatic heterocycles. The molecular weight excluding hydrogens is 768 g/mol. The van der Waals surface area contributed by atoms with E-state index in [0.717, 1.165) is 17.2 Å². The van der Waals surface area contributed by atoms with Crippen LogP contribution < -0.4 is 58.9 Å². The molecule has 314 valence electrons. The van der Waals surface area contributed by atoms with Gasteiger partial charge in [0.15, 0.2) is 0 Å². The second-order valence-corrected chi connectivity index (χ2v) is 12.3. The smallest absolute Gasteiger partial charge is 0.291 e. The molecule has 0 spiro atoms. The summed E-state index contributed by atoms with van der Waals surface area (Å²) in [7, 11) is 0. The van der Waals surface area contributed by atoms with Crippen molar-refractivity contribution in [2.75, 3.05) is 39.3 Å². The monoisotopic (exact) mass is 816 g/mol. The number of aromatic hydroxyl groups is 1. The van der Waals surface area contributed by atoms with Crippen molar-refractivity contribution in [1.82, 2.24) is 16.0 Å². The lowest BCUT2D eigenvalue weighted by atomic mass is 10.2. The average molecular weight is 817 g/mol. The van der Waals surface area contributed by atoms with Gasteiger partial charge < -0.3 is 61.0 Å². The second kappa shape index (κ2) is 23.9. The van der Waals surface area contributed by atoms with Crippen molar-refractivity contribution in [3.63, 3.8) is 0 Å². The van der Waals surface area contributed by atoms with Crippen molar-refractivity contribution in [3.05, 3.63) is 155 Å². The maximum Gasteiger partial charge on any atom is 0.291 e. The lowest BCUT2D eigenvalue weighted by molar-refractivity contribution is 0.0907. The standard InChI is InChI=1S/2C16H18N2O4.C9H12N2O4/c2*1-11-9-13(19)14(15(22-11)16(20)18-8-7-17)21-10-12-5-3-2-4-6-12;1-5-4-6(12)7(13)8(15-5)9(14)11-3-2-10/h2*2-6,9H,7-8,10,17H2,1H3,(H,18,20);4,13H,2-3,10H2,1H3,(H,11,14). The minimum Gasteiger partial charge on any atom is -0.501 e. The lowest BCUT2D eigenvalue weighted by Gasteiger charge is -2.10. The van der Waals surface area contributed by atoms with Gasteiger partial charge in [0, 0.05) is 57.5 Å². The fourth-order valence-electron chi connectivity index (χ4n) is 4.78. The highest BCUT2D eigenvalue weighted by Crippen LogP contribution is 2.18.